The third-order valence-corrected chi connectivity index (χ3v) is 8.25. The van der Waals surface area contributed by atoms with Crippen molar-refractivity contribution in [3.63, 3.8) is 0 Å². The summed E-state index contributed by atoms with van der Waals surface area (Å²) in [4.78, 5) is 32.9. The van der Waals surface area contributed by atoms with E-state index in [1.54, 1.807) is 29.6 Å². The van der Waals surface area contributed by atoms with Gasteiger partial charge in [0.05, 0.1) is 23.2 Å². The van der Waals surface area contributed by atoms with Crippen LogP contribution < -0.4 is 14.8 Å². The molecule has 0 saturated carbocycles. The van der Waals surface area contributed by atoms with E-state index in [0.29, 0.717) is 24.6 Å². The van der Waals surface area contributed by atoms with Gasteiger partial charge in [0.15, 0.2) is 11.5 Å². The largest absolute Gasteiger partial charge is 0.454 e. The molecule has 0 fully saturated rings. The van der Waals surface area contributed by atoms with E-state index in [0.717, 1.165) is 42.7 Å². The number of benzene rings is 2. The minimum absolute atomic E-state index is 0.0639. The van der Waals surface area contributed by atoms with E-state index in [1.165, 1.54) is 5.56 Å². The number of thiophene rings is 1. The van der Waals surface area contributed by atoms with Crippen LogP contribution in [0.25, 0.3) is 20.8 Å². The molecule has 2 aliphatic rings. The summed E-state index contributed by atoms with van der Waals surface area (Å²) in [5.41, 5.74) is 3.97. The Morgan fingerprint density at radius 3 is 2.82 bits per heavy atom. The number of rotatable bonds is 4. The number of nitrogens with one attached hydrogen (secondary N) is 1. The molecule has 9 heteroatoms. The van der Waals surface area contributed by atoms with Gasteiger partial charge in [-0.1, -0.05) is 18.2 Å². The number of carbonyl (C=O) groups excluding carboxylic acids is 2. The number of aromatic nitrogens is 1. The zero-order valence-corrected chi connectivity index (χ0v) is 20.1. The maximum Gasteiger partial charge on any atom is 0.231 e. The normalized spacial score (nSPS) is 14.3. The van der Waals surface area contributed by atoms with E-state index in [1.807, 2.05) is 41.3 Å². The first-order chi connectivity index (χ1) is 16.5. The first kappa shape index (κ1) is 21.1. The molecule has 4 aromatic rings. The fourth-order valence-corrected chi connectivity index (χ4v) is 6.76. The first-order valence-corrected chi connectivity index (χ1v) is 12.6. The highest BCUT2D eigenvalue weighted by Gasteiger charge is 2.28. The van der Waals surface area contributed by atoms with Crippen LogP contribution in [0.5, 0.6) is 11.5 Å². The number of anilines is 1. The van der Waals surface area contributed by atoms with Crippen LogP contribution in [0, 0.1) is 0 Å². The monoisotopic (exact) mass is 491 g/mol. The molecule has 6 rings (SSSR count). The van der Waals surface area contributed by atoms with Gasteiger partial charge in [-0.25, -0.2) is 4.98 Å². The van der Waals surface area contributed by atoms with Crippen molar-refractivity contribution in [2.45, 2.75) is 26.3 Å². The van der Waals surface area contributed by atoms with Crippen molar-refractivity contribution in [2.75, 3.05) is 18.7 Å². The van der Waals surface area contributed by atoms with Gasteiger partial charge in [0.1, 0.15) is 10.0 Å². The fraction of sp³-hybridized carbons (Fsp3) is 0.240. The summed E-state index contributed by atoms with van der Waals surface area (Å²) >= 11 is 3.17. The molecule has 0 aliphatic carbocycles. The van der Waals surface area contributed by atoms with Crippen LogP contribution in [0.1, 0.15) is 22.9 Å². The lowest BCUT2D eigenvalue weighted by Gasteiger charge is -2.26. The molecule has 0 radical (unpaired) electrons. The average Bonchev–Trinajstić information content (AvgIpc) is 3.53. The Labute approximate surface area is 203 Å². The third kappa shape index (κ3) is 3.80. The molecule has 4 heterocycles. The minimum atomic E-state index is -0.108. The first-order valence-electron chi connectivity index (χ1n) is 11.0. The van der Waals surface area contributed by atoms with Crippen molar-refractivity contribution in [3.8, 4) is 22.1 Å². The van der Waals surface area contributed by atoms with E-state index in [2.05, 4.69) is 11.4 Å². The Morgan fingerprint density at radius 1 is 1.12 bits per heavy atom. The van der Waals surface area contributed by atoms with Gasteiger partial charge < -0.3 is 19.7 Å². The number of amides is 2. The molecule has 0 unspecified atom stereocenters. The van der Waals surface area contributed by atoms with E-state index in [4.69, 9.17) is 14.5 Å². The summed E-state index contributed by atoms with van der Waals surface area (Å²) in [6.45, 7) is 3.03. The molecule has 34 heavy (non-hydrogen) atoms. The molecule has 172 valence electrons. The SMILES string of the molecule is CC(=O)N1CCc2c(sc(NC(=O)Cc3ccc4c(c3)OCO4)c2-c2nc3ccccc3s2)C1. The quantitative estimate of drug-likeness (QED) is 0.442. The molecular weight excluding hydrogens is 470 g/mol. The number of hydrogen-bond acceptors (Lipinski definition) is 7. The second kappa shape index (κ2) is 8.41. The minimum Gasteiger partial charge on any atom is -0.454 e. The molecule has 0 saturated heterocycles. The summed E-state index contributed by atoms with van der Waals surface area (Å²) in [5.74, 6) is 1.32. The Balaban J connectivity index is 1.34. The number of ether oxygens (including phenoxy) is 2. The lowest BCUT2D eigenvalue weighted by atomic mass is 10.0. The van der Waals surface area contributed by atoms with Crippen LogP contribution in [0.4, 0.5) is 5.00 Å². The summed E-state index contributed by atoms with van der Waals surface area (Å²) in [7, 11) is 0. The lowest BCUT2D eigenvalue weighted by Crippen LogP contribution is -2.33. The van der Waals surface area contributed by atoms with Crippen LogP contribution in [-0.4, -0.2) is 35.0 Å². The molecule has 2 aromatic carbocycles. The Kier molecular flexibility index (Phi) is 5.23. The van der Waals surface area contributed by atoms with Crippen LogP contribution >= 0.6 is 22.7 Å². The third-order valence-electron chi connectivity index (χ3n) is 6.06. The van der Waals surface area contributed by atoms with E-state index < -0.39 is 0 Å². The standard InChI is InChI=1S/C25H21N3O4S2/c1-14(29)28-9-8-16-21(12-28)34-25(23(16)24-26-17-4-2-3-5-20(17)33-24)27-22(30)11-15-6-7-18-19(10-15)32-13-31-18/h2-7,10H,8-9,11-13H2,1H3,(H,27,30). The molecule has 0 bridgehead atoms. The van der Waals surface area contributed by atoms with Gasteiger partial charge in [0, 0.05) is 23.9 Å². The molecular formula is C25H21N3O4S2. The predicted octanol–water partition coefficient (Wildman–Crippen LogP) is 4.84. The Morgan fingerprint density at radius 2 is 1.97 bits per heavy atom. The van der Waals surface area contributed by atoms with E-state index in [9.17, 15) is 9.59 Å². The average molecular weight is 492 g/mol. The molecule has 2 aromatic heterocycles. The van der Waals surface area contributed by atoms with Crippen molar-refractivity contribution in [1.82, 2.24) is 9.88 Å². The van der Waals surface area contributed by atoms with Gasteiger partial charge >= 0.3 is 0 Å². The Hall–Kier alpha value is -3.43. The van der Waals surface area contributed by atoms with Gasteiger partial charge in [-0.2, -0.15) is 0 Å². The maximum atomic E-state index is 13.1. The second-order valence-electron chi connectivity index (χ2n) is 8.30. The molecule has 2 amide bonds. The van der Waals surface area contributed by atoms with Crippen LogP contribution in [0.2, 0.25) is 0 Å². The van der Waals surface area contributed by atoms with Gasteiger partial charge in [0.2, 0.25) is 18.6 Å². The summed E-state index contributed by atoms with van der Waals surface area (Å²) in [6, 6.07) is 13.6. The number of hydrogen-bond donors (Lipinski definition) is 1. The summed E-state index contributed by atoms with van der Waals surface area (Å²) in [6.07, 6.45) is 0.965. The fourth-order valence-electron chi connectivity index (χ4n) is 4.37. The van der Waals surface area contributed by atoms with Crippen molar-refractivity contribution in [1.29, 1.82) is 0 Å². The van der Waals surface area contributed by atoms with Crippen LogP contribution in [0.15, 0.2) is 42.5 Å². The predicted molar refractivity (Wildman–Crippen MR) is 133 cm³/mol. The highest BCUT2D eigenvalue weighted by Crippen LogP contribution is 2.45. The molecule has 1 N–H and O–H groups in total. The highest BCUT2D eigenvalue weighted by molar-refractivity contribution is 7.22. The topological polar surface area (TPSA) is 80.8 Å². The zero-order chi connectivity index (χ0) is 23.2. The lowest BCUT2D eigenvalue weighted by molar-refractivity contribution is -0.129. The highest BCUT2D eigenvalue weighted by atomic mass is 32.1. The van der Waals surface area contributed by atoms with E-state index >= 15 is 0 Å². The van der Waals surface area contributed by atoms with Crippen molar-refractivity contribution in [3.05, 3.63) is 58.5 Å². The number of carbonyl (C=O) groups is 2. The van der Waals surface area contributed by atoms with Crippen LogP contribution in [-0.2, 0) is 29.0 Å². The zero-order valence-electron chi connectivity index (χ0n) is 18.4. The smallest absolute Gasteiger partial charge is 0.231 e. The number of para-hydroxylation sites is 1. The van der Waals surface area contributed by atoms with Crippen molar-refractivity contribution >= 4 is 49.7 Å². The number of fused-ring (bicyclic) bond motifs is 3. The molecule has 0 atom stereocenters. The van der Waals surface area contributed by atoms with Crippen molar-refractivity contribution < 1.29 is 19.1 Å². The molecule has 0 spiro atoms. The van der Waals surface area contributed by atoms with Gasteiger partial charge in [0.25, 0.3) is 0 Å². The number of thiazole rings is 1. The van der Waals surface area contributed by atoms with Gasteiger partial charge in [-0.15, -0.1) is 22.7 Å². The van der Waals surface area contributed by atoms with Gasteiger partial charge in [-0.05, 0) is 41.8 Å². The second-order valence-corrected chi connectivity index (χ2v) is 10.4. The summed E-state index contributed by atoms with van der Waals surface area (Å²) in [5, 5.41) is 4.83. The maximum absolute atomic E-state index is 13.1. The van der Waals surface area contributed by atoms with E-state index in [-0.39, 0.29) is 25.0 Å². The number of nitrogens with zero attached hydrogens (tertiary/aromatic N) is 2. The Bertz CT molecular complexity index is 1410. The van der Waals surface area contributed by atoms with Crippen LogP contribution in [0.3, 0.4) is 0 Å². The molecule has 2 aliphatic heterocycles. The van der Waals surface area contributed by atoms with Crippen molar-refractivity contribution in [2.24, 2.45) is 0 Å². The summed E-state index contributed by atoms with van der Waals surface area (Å²) < 4.78 is 11.9. The van der Waals surface area contributed by atoms with Gasteiger partial charge in [-0.3, -0.25) is 9.59 Å². The molecule has 7 nitrogen and oxygen atoms in total.